The number of carbonyl (C=O) groups excluding carboxylic acids is 1. The Morgan fingerprint density at radius 3 is 2.53 bits per heavy atom. The number of aliphatic carboxylic acids is 1. The van der Waals surface area contributed by atoms with Crippen LogP contribution in [0.25, 0.3) is 0 Å². The van der Waals surface area contributed by atoms with Gasteiger partial charge in [-0.25, -0.2) is 0 Å². The molecule has 1 aliphatic rings. The van der Waals surface area contributed by atoms with Gasteiger partial charge in [0, 0.05) is 18.1 Å². The number of nitrogens with two attached hydrogens (primary N) is 1. The molecule has 0 saturated carbocycles. The van der Waals surface area contributed by atoms with Crippen LogP contribution in [0.15, 0.2) is 0 Å². The minimum absolute atomic E-state index is 0.0737. The predicted molar refractivity (Wildman–Crippen MR) is 63.7 cm³/mol. The second-order valence-corrected chi connectivity index (χ2v) is 5.68. The molecule has 1 amide bonds. The predicted octanol–water partition coefficient (Wildman–Crippen LogP) is 0.685. The number of rotatable bonds is 3. The summed E-state index contributed by atoms with van der Waals surface area (Å²) in [6.07, 6.45) is -5.25. The van der Waals surface area contributed by atoms with E-state index in [-0.39, 0.29) is 13.0 Å². The zero-order valence-corrected chi connectivity index (χ0v) is 11.1. The molecule has 3 N–H and O–H groups in total. The summed E-state index contributed by atoms with van der Waals surface area (Å²) in [6, 6.07) is -0.756. The Labute approximate surface area is 112 Å². The van der Waals surface area contributed by atoms with Crippen LogP contribution in [0.3, 0.4) is 0 Å². The highest BCUT2D eigenvalue weighted by atomic mass is 32.2. The third-order valence-corrected chi connectivity index (χ3v) is 4.02. The standard InChI is InChI=1S/C10H15F3N2O3S/c1-9(14,10(11,12)13)8(18)15-2-3-19-5-6(15)4-7(16)17/h6H,2-5,14H2,1H3,(H,16,17). The number of carbonyl (C=O) groups is 2. The lowest BCUT2D eigenvalue weighted by molar-refractivity contribution is -0.194. The van der Waals surface area contributed by atoms with Crippen molar-refractivity contribution in [1.29, 1.82) is 0 Å². The summed E-state index contributed by atoms with van der Waals surface area (Å²) in [6.45, 7) is 0.680. The first-order valence-electron chi connectivity index (χ1n) is 5.53. The molecule has 0 aliphatic carbocycles. The number of halogens is 3. The van der Waals surface area contributed by atoms with Crippen LogP contribution in [0.4, 0.5) is 13.2 Å². The number of nitrogens with zero attached hydrogens (tertiary/aromatic N) is 1. The molecule has 1 fully saturated rings. The molecule has 0 aromatic carbocycles. The molecular weight excluding hydrogens is 285 g/mol. The number of carboxylic acid groups (broad SMARTS) is 1. The van der Waals surface area contributed by atoms with Gasteiger partial charge in [-0.05, 0) is 6.92 Å². The van der Waals surface area contributed by atoms with Gasteiger partial charge in [0.1, 0.15) is 0 Å². The van der Waals surface area contributed by atoms with Crippen molar-refractivity contribution in [3.8, 4) is 0 Å². The van der Waals surface area contributed by atoms with E-state index in [9.17, 15) is 22.8 Å². The van der Waals surface area contributed by atoms with E-state index >= 15 is 0 Å². The number of carboxylic acids is 1. The second kappa shape index (κ2) is 5.58. The van der Waals surface area contributed by atoms with Gasteiger partial charge >= 0.3 is 12.1 Å². The Morgan fingerprint density at radius 1 is 1.47 bits per heavy atom. The van der Waals surface area contributed by atoms with E-state index in [0.29, 0.717) is 18.4 Å². The highest BCUT2D eigenvalue weighted by Crippen LogP contribution is 2.31. The molecule has 2 unspecified atom stereocenters. The lowest BCUT2D eigenvalue weighted by Crippen LogP contribution is -2.65. The molecule has 0 radical (unpaired) electrons. The number of thioether (sulfide) groups is 1. The Balaban J connectivity index is 2.91. The summed E-state index contributed by atoms with van der Waals surface area (Å²) in [5.41, 5.74) is 2.10. The largest absolute Gasteiger partial charge is 0.481 e. The van der Waals surface area contributed by atoms with E-state index in [4.69, 9.17) is 10.8 Å². The van der Waals surface area contributed by atoms with Crippen molar-refractivity contribution in [2.45, 2.75) is 31.1 Å². The average Bonchev–Trinajstić information content (AvgIpc) is 2.26. The molecule has 1 saturated heterocycles. The third kappa shape index (κ3) is 3.53. The Hall–Kier alpha value is -0.960. The second-order valence-electron chi connectivity index (χ2n) is 4.53. The first-order valence-corrected chi connectivity index (χ1v) is 6.69. The Bertz CT molecular complexity index is 374. The molecular formula is C10H15F3N2O3S. The molecule has 0 aromatic heterocycles. The van der Waals surface area contributed by atoms with Crippen molar-refractivity contribution in [3.63, 3.8) is 0 Å². The molecule has 1 aliphatic heterocycles. The fourth-order valence-corrected chi connectivity index (χ4v) is 2.77. The molecule has 9 heteroatoms. The van der Waals surface area contributed by atoms with E-state index in [1.807, 2.05) is 0 Å². The van der Waals surface area contributed by atoms with E-state index in [2.05, 4.69) is 0 Å². The fourth-order valence-electron chi connectivity index (χ4n) is 1.71. The normalized spacial score (nSPS) is 23.8. The molecule has 1 rings (SSSR count). The molecule has 2 atom stereocenters. The summed E-state index contributed by atoms with van der Waals surface area (Å²) in [5.74, 6) is -1.66. The summed E-state index contributed by atoms with van der Waals surface area (Å²) in [4.78, 5) is 23.6. The van der Waals surface area contributed by atoms with Crippen LogP contribution in [0.5, 0.6) is 0 Å². The average molecular weight is 300 g/mol. The van der Waals surface area contributed by atoms with Crippen LogP contribution < -0.4 is 5.73 Å². The van der Waals surface area contributed by atoms with Crippen molar-refractivity contribution in [2.24, 2.45) is 5.73 Å². The van der Waals surface area contributed by atoms with Gasteiger partial charge in [-0.15, -0.1) is 0 Å². The topological polar surface area (TPSA) is 83.6 Å². The summed E-state index contributed by atoms with van der Waals surface area (Å²) in [7, 11) is 0. The highest BCUT2D eigenvalue weighted by molar-refractivity contribution is 7.99. The smallest absolute Gasteiger partial charge is 0.415 e. The lowest BCUT2D eigenvalue weighted by atomic mass is 9.99. The van der Waals surface area contributed by atoms with Gasteiger partial charge in [0.2, 0.25) is 0 Å². The van der Waals surface area contributed by atoms with Crippen molar-refractivity contribution in [2.75, 3.05) is 18.1 Å². The van der Waals surface area contributed by atoms with Crippen molar-refractivity contribution >= 4 is 23.6 Å². The van der Waals surface area contributed by atoms with Crippen LogP contribution >= 0.6 is 11.8 Å². The first kappa shape index (κ1) is 16.1. The number of alkyl halides is 3. The van der Waals surface area contributed by atoms with Gasteiger partial charge in [-0.3, -0.25) is 9.59 Å². The molecule has 5 nitrogen and oxygen atoms in total. The van der Waals surface area contributed by atoms with E-state index in [0.717, 1.165) is 4.90 Å². The van der Waals surface area contributed by atoms with Crippen molar-refractivity contribution in [3.05, 3.63) is 0 Å². The quantitative estimate of drug-likeness (QED) is 0.801. The molecule has 19 heavy (non-hydrogen) atoms. The number of hydrogen-bond acceptors (Lipinski definition) is 4. The highest BCUT2D eigenvalue weighted by Gasteiger charge is 2.56. The van der Waals surface area contributed by atoms with Gasteiger partial charge in [-0.1, -0.05) is 0 Å². The lowest BCUT2D eigenvalue weighted by Gasteiger charge is -2.39. The van der Waals surface area contributed by atoms with Crippen molar-refractivity contribution < 1.29 is 27.9 Å². The summed E-state index contributed by atoms with van der Waals surface area (Å²) in [5, 5.41) is 8.73. The first-order chi connectivity index (χ1) is 8.57. The molecule has 1 heterocycles. The van der Waals surface area contributed by atoms with Crippen LogP contribution in [-0.2, 0) is 9.59 Å². The summed E-state index contributed by atoms with van der Waals surface area (Å²) < 4.78 is 38.2. The molecule has 0 spiro atoms. The zero-order valence-electron chi connectivity index (χ0n) is 10.2. The summed E-state index contributed by atoms with van der Waals surface area (Å²) >= 11 is 1.40. The van der Waals surface area contributed by atoms with Gasteiger partial charge in [0.05, 0.1) is 12.5 Å². The minimum Gasteiger partial charge on any atom is -0.481 e. The minimum atomic E-state index is -4.87. The molecule has 0 aromatic rings. The maximum absolute atomic E-state index is 12.7. The van der Waals surface area contributed by atoms with E-state index in [1.165, 1.54) is 11.8 Å². The van der Waals surface area contributed by atoms with Crippen LogP contribution in [0, 0.1) is 0 Å². The van der Waals surface area contributed by atoms with Crippen molar-refractivity contribution in [1.82, 2.24) is 4.90 Å². The maximum Gasteiger partial charge on any atom is 0.415 e. The van der Waals surface area contributed by atoms with Gasteiger partial charge < -0.3 is 15.7 Å². The Morgan fingerprint density at radius 2 is 2.05 bits per heavy atom. The van der Waals surface area contributed by atoms with Gasteiger partial charge in [0.15, 0.2) is 5.54 Å². The number of amides is 1. The third-order valence-electron chi connectivity index (χ3n) is 2.93. The monoisotopic (exact) mass is 300 g/mol. The molecule has 0 bridgehead atoms. The van der Waals surface area contributed by atoms with E-state index < -0.39 is 29.6 Å². The van der Waals surface area contributed by atoms with Crippen LogP contribution in [0.1, 0.15) is 13.3 Å². The van der Waals surface area contributed by atoms with Gasteiger partial charge in [0.25, 0.3) is 5.91 Å². The van der Waals surface area contributed by atoms with Crippen LogP contribution in [-0.4, -0.2) is 57.7 Å². The number of hydrogen-bond donors (Lipinski definition) is 2. The van der Waals surface area contributed by atoms with E-state index in [1.54, 1.807) is 0 Å². The van der Waals surface area contributed by atoms with Gasteiger partial charge in [-0.2, -0.15) is 24.9 Å². The fraction of sp³-hybridized carbons (Fsp3) is 0.800. The Kier molecular flexibility index (Phi) is 4.72. The molecule has 110 valence electrons. The zero-order chi connectivity index (χ0) is 14.8. The SMILES string of the molecule is CC(N)(C(=O)N1CCSCC1CC(=O)O)C(F)(F)F. The van der Waals surface area contributed by atoms with Crippen LogP contribution in [0.2, 0.25) is 0 Å². The maximum atomic E-state index is 12.7.